The molecule has 9 nitrogen and oxygen atoms in total. The number of anilines is 1. The number of aromatic nitrogens is 2. The maximum Gasteiger partial charge on any atom is 0.269 e. The van der Waals surface area contributed by atoms with Gasteiger partial charge in [-0.15, -0.1) is 0 Å². The third-order valence-corrected chi connectivity index (χ3v) is 5.22. The summed E-state index contributed by atoms with van der Waals surface area (Å²) >= 11 is 0. The second kappa shape index (κ2) is 7.50. The molecule has 1 aromatic heterocycles. The number of benzene rings is 2. The van der Waals surface area contributed by atoms with E-state index >= 15 is 0 Å². The van der Waals surface area contributed by atoms with Gasteiger partial charge in [-0.25, -0.2) is 13.1 Å². The number of rotatable bonds is 6. The number of non-ortho nitro benzene ring substituents is 1. The predicted molar refractivity (Wildman–Crippen MR) is 102 cm³/mol. The van der Waals surface area contributed by atoms with E-state index in [4.69, 9.17) is 5.26 Å². The van der Waals surface area contributed by atoms with Crippen molar-refractivity contribution in [3.63, 3.8) is 0 Å². The molecule has 3 rings (SSSR count). The lowest BCUT2D eigenvalue weighted by molar-refractivity contribution is -0.384. The smallest absolute Gasteiger partial charge is 0.263 e. The summed E-state index contributed by atoms with van der Waals surface area (Å²) in [6.45, 7) is 1.70. The van der Waals surface area contributed by atoms with Crippen LogP contribution in [0.25, 0.3) is 5.69 Å². The van der Waals surface area contributed by atoms with Gasteiger partial charge in [0.05, 0.1) is 33.7 Å². The Labute approximate surface area is 161 Å². The van der Waals surface area contributed by atoms with E-state index in [0.717, 1.165) is 0 Å². The minimum Gasteiger partial charge on any atom is -0.263 e. The molecule has 10 heteroatoms. The summed E-state index contributed by atoms with van der Waals surface area (Å²) < 4.78 is 29.4. The SMILES string of the molecule is Cc1cc(NS(=O)(=O)c2cccc(CC#N)c2)n(-c2ccc([N+](=O)[O-])cc2)n1. The molecule has 0 unspecified atom stereocenters. The summed E-state index contributed by atoms with van der Waals surface area (Å²) in [6.07, 6.45) is 0.100. The fraction of sp³-hybridized carbons (Fsp3) is 0.111. The van der Waals surface area contributed by atoms with Crippen molar-refractivity contribution < 1.29 is 13.3 Å². The monoisotopic (exact) mass is 397 g/mol. The maximum atomic E-state index is 12.8. The molecule has 3 aromatic rings. The van der Waals surface area contributed by atoms with Gasteiger partial charge in [0.2, 0.25) is 0 Å². The van der Waals surface area contributed by atoms with Crippen LogP contribution in [0, 0.1) is 28.4 Å². The molecule has 142 valence electrons. The van der Waals surface area contributed by atoms with Gasteiger partial charge in [-0.05, 0) is 36.8 Å². The van der Waals surface area contributed by atoms with E-state index in [1.54, 1.807) is 25.1 Å². The first-order valence-electron chi connectivity index (χ1n) is 8.10. The van der Waals surface area contributed by atoms with Gasteiger partial charge in [-0.1, -0.05) is 12.1 Å². The molecule has 0 spiro atoms. The summed E-state index contributed by atoms with van der Waals surface area (Å²) in [5, 5.41) is 23.9. The summed E-state index contributed by atoms with van der Waals surface area (Å²) in [6, 6.07) is 15.2. The maximum absolute atomic E-state index is 12.8. The van der Waals surface area contributed by atoms with E-state index in [-0.39, 0.29) is 22.8 Å². The lowest BCUT2D eigenvalue weighted by atomic mass is 10.2. The van der Waals surface area contributed by atoms with Gasteiger partial charge in [0, 0.05) is 18.2 Å². The van der Waals surface area contributed by atoms with Gasteiger partial charge < -0.3 is 0 Å². The Morgan fingerprint density at radius 2 is 1.93 bits per heavy atom. The van der Waals surface area contributed by atoms with Gasteiger partial charge in [0.15, 0.2) is 0 Å². The van der Waals surface area contributed by atoms with Gasteiger partial charge in [-0.3, -0.25) is 14.8 Å². The zero-order valence-corrected chi connectivity index (χ0v) is 15.5. The topological polar surface area (TPSA) is 131 Å². The van der Waals surface area contributed by atoms with E-state index in [0.29, 0.717) is 16.9 Å². The van der Waals surface area contributed by atoms with Crippen molar-refractivity contribution in [3.8, 4) is 11.8 Å². The van der Waals surface area contributed by atoms with Gasteiger partial charge in [-0.2, -0.15) is 10.4 Å². The minimum absolute atomic E-state index is 0.0225. The zero-order valence-electron chi connectivity index (χ0n) is 14.7. The van der Waals surface area contributed by atoms with Crippen LogP contribution in [0.2, 0.25) is 0 Å². The Bertz CT molecular complexity index is 1180. The number of hydrogen-bond acceptors (Lipinski definition) is 6. The molecule has 0 fully saturated rings. The van der Waals surface area contributed by atoms with Gasteiger partial charge in [0.25, 0.3) is 15.7 Å². The minimum atomic E-state index is -3.92. The van der Waals surface area contributed by atoms with Crippen molar-refractivity contribution in [3.05, 3.63) is 76.0 Å². The standard InChI is InChI=1S/C18H15N5O4S/c1-13-11-18(22(20-13)15-5-7-16(8-6-15)23(24)25)21-28(26,27)17-4-2-3-14(12-17)9-10-19/h2-8,11-12,21H,9H2,1H3. The molecule has 1 heterocycles. The van der Waals surface area contributed by atoms with Crippen LogP contribution in [0.1, 0.15) is 11.3 Å². The number of nitro benzene ring substituents is 1. The molecule has 0 radical (unpaired) electrons. The van der Waals surface area contributed by atoms with E-state index in [1.165, 1.54) is 41.1 Å². The van der Waals surface area contributed by atoms with E-state index in [2.05, 4.69) is 9.82 Å². The molecule has 0 bridgehead atoms. The molecule has 28 heavy (non-hydrogen) atoms. The number of nitrogens with zero attached hydrogens (tertiary/aromatic N) is 4. The lowest BCUT2D eigenvalue weighted by Gasteiger charge is -2.11. The van der Waals surface area contributed by atoms with Crippen LogP contribution in [0.3, 0.4) is 0 Å². The van der Waals surface area contributed by atoms with Crippen molar-refractivity contribution in [1.29, 1.82) is 5.26 Å². The van der Waals surface area contributed by atoms with Crippen molar-refractivity contribution >= 4 is 21.5 Å². The van der Waals surface area contributed by atoms with E-state index < -0.39 is 14.9 Å². The van der Waals surface area contributed by atoms with Crippen LogP contribution in [0.5, 0.6) is 0 Å². The largest absolute Gasteiger partial charge is 0.269 e. The summed E-state index contributed by atoms with van der Waals surface area (Å²) in [5.41, 5.74) is 1.54. The molecular weight excluding hydrogens is 382 g/mol. The molecule has 0 atom stereocenters. The molecule has 0 saturated heterocycles. The van der Waals surface area contributed by atoms with Crippen LogP contribution < -0.4 is 4.72 Å². The quantitative estimate of drug-likeness (QED) is 0.502. The average Bonchev–Trinajstić information content (AvgIpc) is 3.02. The highest BCUT2D eigenvalue weighted by Crippen LogP contribution is 2.23. The van der Waals surface area contributed by atoms with Crippen LogP contribution >= 0.6 is 0 Å². The fourth-order valence-corrected chi connectivity index (χ4v) is 3.70. The molecule has 0 aliphatic carbocycles. The average molecular weight is 397 g/mol. The molecular formula is C18H15N5O4S. The normalized spacial score (nSPS) is 11.0. The molecule has 0 aliphatic heterocycles. The Morgan fingerprint density at radius 3 is 2.57 bits per heavy atom. The third-order valence-electron chi connectivity index (χ3n) is 3.87. The number of nitriles is 1. The predicted octanol–water partition coefficient (Wildman–Crippen LogP) is 2.96. The Morgan fingerprint density at radius 1 is 1.21 bits per heavy atom. The molecule has 0 saturated carbocycles. The molecule has 1 N–H and O–H groups in total. The van der Waals surface area contributed by atoms with Crippen LogP contribution in [0.15, 0.2) is 59.5 Å². The number of aryl methyl sites for hydroxylation is 1. The summed E-state index contributed by atoms with van der Waals surface area (Å²) in [4.78, 5) is 10.3. The zero-order chi connectivity index (χ0) is 20.3. The van der Waals surface area contributed by atoms with Crippen molar-refractivity contribution in [2.45, 2.75) is 18.2 Å². The first-order chi connectivity index (χ1) is 13.3. The fourth-order valence-electron chi connectivity index (χ4n) is 2.60. The van der Waals surface area contributed by atoms with Crippen molar-refractivity contribution in [2.24, 2.45) is 0 Å². The van der Waals surface area contributed by atoms with Gasteiger partial charge in [0.1, 0.15) is 5.82 Å². The molecule has 0 amide bonds. The number of sulfonamides is 1. The third kappa shape index (κ3) is 3.99. The second-order valence-electron chi connectivity index (χ2n) is 5.94. The van der Waals surface area contributed by atoms with E-state index in [9.17, 15) is 18.5 Å². The number of nitro groups is 1. The number of hydrogen-bond donors (Lipinski definition) is 1. The second-order valence-corrected chi connectivity index (χ2v) is 7.63. The highest BCUT2D eigenvalue weighted by molar-refractivity contribution is 7.92. The van der Waals surface area contributed by atoms with Crippen molar-refractivity contribution in [2.75, 3.05) is 4.72 Å². The van der Waals surface area contributed by atoms with E-state index in [1.807, 2.05) is 6.07 Å². The van der Waals surface area contributed by atoms with Crippen molar-refractivity contribution in [1.82, 2.24) is 9.78 Å². The Kier molecular flexibility index (Phi) is 5.10. The first kappa shape index (κ1) is 19.1. The van der Waals surface area contributed by atoms with Crippen LogP contribution in [-0.4, -0.2) is 23.1 Å². The molecule has 0 aliphatic rings. The summed E-state index contributed by atoms with van der Waals surface area (Å²) in [7, 11) is -3.92. The highest BCUT2D eigenvalue weighted by Gasteiger charge is 2.19. The Balaban J connectivity index is 1.96. The first-order valence-corrected chi connectivity index (χ1v) is 9.59. The van der Waals surface area contributed by atoms with Crippen LogP contribution in [-0.2, 0) is 16.4 Å². The number of nitrogens with one attached hydrogen (secondary N) is 1. The molecule has 2 aromatic carbocycles. The Hall–Kier alpha value is -3.71. The van der Waals surface area contributed by atoms with Crippen LogP contribution in [0.4, 0.5) is 11.5 Å². The lowest BCUT2D eigenvalue weighted by Crippen LogP contribution is -2.16. The van der Waals surface area contributed by atoms with Gasteiger partial charge >= 0.3 is 0 Å². The highest BCUT2D eigenvalue weighted by atomic mass is 32.2. The summed E-state index contributed by atoms with van der Waals surface area (Å²) in [5.74, 6) is 0.192.